The van der Waals surface area contributed by atoms with Crippen LogP contribution in [0.3, 0.4) is 0 Å². The van der Waals surface area contributed by atoms with Crippen LogP contribution in [-0.4, -0.2) is 23.2 Å². The molecule has 3 aromatic rings. The van der Waals surface area contributed by atoms with Crippen LogP contribution in [0, 0.1) is 0 Å². The maximum atomic E-state index is 12.1. The maximum Gasteiger partial charge on any atom is 0.226 e. The van der Waals surface area contributed by atoms with E-state index in [1.54, 1.807) is 7.11 Å². The molecule has 1 atom stereocenters. The van der Waals surface area contributed by atoms with E-state index in [1.807, 2.05) is 48.5 Å². The summed E-state index contributed by atoms with van der Waals surface area (Å²) in [4.78, 5) is 12.1. The van der Waals surface area contributed by atoms with Crippen molar-refractivity contribution < 1.29 is 9.53 Å². The number of hydrogen-bond acceptors (Lipinski definition) is 3. The maximum absolute atomic E-state index is 12.1. The van der Waals surface area contributed by atoms with Gasteiger partial charge in [0.1, 0.15) is 5.75 Å². The Bertz CT molecular complexity index is 934. The van der Waals surface area contributed by atoms with Crippen molar-refractivity contribution in [2.75, 3.05) is 12.4 Å². The van der Waals surface area contributed by atoms with E-state index in [4.69, 9.17) is 16.3 Å². The third kappa shape index (κ3) is 2.87. The number of benzene rings is 2. The van der Waals surface area contributed by atoms with Crippen LogP contribution in [0.25, 0.3) is 11.3 Å². The molecule has 6 heteroatoms. The summed E-state index contributed by atoms with van der Waals surface area (Å²) in [5.41, 5.74) is 3.86. The number of methoxy groups -OCH3 is 1. The molecule has 0 fully saturated rings. The van der Waals surface area contributed by atoms with Crippen molar-refractivity contribution in [3.63, 3.8) is 0 Å². The molecule has 0 saturated heterocycles. The van der Waals surface area contributed by atoms with Crippen molar-refractivity contribution in [3.8, 4) is 17.0 Å². The van der Waals surface area contributed by atoms with Crippen LogP contribution in [-0.2, 0) is 4.79 Å². The first kappa shape index (κ1) is 15.7. The zero-order valence-electron chi connectivity index (χ0n) is 13.5. The van der Waals surface area contributed by atoms with E-state index in [9.17, 15) is 4.79 Å². The van der Waals surface area contributed by atoms with Gasteiger partial charge < -0.3 is 10.1 Å². The predicted molar refractivity (Wildman–Crippen MR) is 97.1 cm³/mol. The van der Waals surface area contributed by atoms with E-state index in [2.05, 4.69) is 15.5 Å². The van der Waals surface area contributed by atoms with Crippen molar-refractivity contribution in [1.29, 1.82) is 0 Å². The van der Waals surface area contributed by atoms with Gasteiger partial charge in [-0.25, -0.2) is 0 Å². The Kier molecular flexibility index (Phi) is 3.93. The summed E-state index contributed by atoms with van der Waals surface area (Å²) in [6.45, 7) is 0. The molecule has 1 aliphatic rings. The molecule has 0 spiro atoms. The Morgan fingerprint density at radius 2 is 2.00 bits per heavy atom. The highest BCUT2D eigenvalue weighted by atomic mass is 35.5. The average molecular weight is 354 g/mol. The molecule has 0 aliphatic carbocycles. The first-order valence-corrected chi connectivity index (χ1v) is 8.31. The van der Waals surface area contributed by atoms with Crippen molar-refractivity contribution in [1.82, 2.24) is 10.2 Å². The highest BCUT2D eigenvalue weighted by Gasteiger charge is 2.32. The number of halogens is 1. The molecule has 4 rings (SSSR count). The lowest BCUT2D eigenvalue weighted by Crippen LogP contribution is -2.23. The second-order valence-corrected chi connectivity index (χ2v) is 6.39. The number of amides is 1. The molecule has 2 heterocycles. The number of carbonyl (C=O) groups excluding carboxylic acids is 1. The van der Waals surface area contributed by atoms with E-state index < -0.39 is 0 Å². The monoisotopic (exact) mass is 353 g/mol. The minimum absolute atomic E-state index is 0.0468. The number of carbonyl (C=O) groups is 1. The summed E-state index contributed by atoms with van der Waals surface area (Å²) in [7, 11) is 1.63. The molecule has 1 aromatic heterocycles. The minimum atomic E-state index is -0.0942. The van der Waals surface area contributed by atoms with E-state index in [0.717, 1.165) is 28.1 Å². The van der Waals surface area contributed by atoms with Gasteiger partial charge in [-0.15, -0.1) is 0 Å². The summed E-state index contributed by atoms with van der Waals surface area (Å²) in [5.74, 6) is 1.20. The predicted octanol–water partition coefficient (Wildman–Crippen LogP) is 4.21. The number of hydrogen-bond donors (Lipinski definition) is 2. The number of nitrogens with one attached hydrogen (secondary N) is 2. The van der Waals surface area contributed by atoms with E-state index in [0.29, 0.717) is 17.3 Å². The molecular formula is C19H16ClN3O2. The topological polar surface area (TPSA) is 67.0 Å². The molecular weight excluding hydrogens is 338 g/mol. The largest absolute Gasteiger partial charge is 0.497 e. The fraction of sp³-hybridized carbons (Fsp3) is 0.158. The Balaban J connectivity index is 1.85. The third-order valence-electron chi connectivity index (χ3n) is 4.43. The molecule has 5 nitrogen and oxygen atoms in total. The smallest absolute Gasteiger partial charge is 0.226 e. The first-order chi connectivity index (χ1) is 12.2. The number of rotatable bonds is 3. The van der Waals surface area contributed by atoms with Crippen molar-refractivity contribution in [2.45, 2.75) is 12.3 Å². The molecule has 25 heavy (non-hydrogen) atoms. The molecule has 0 unspecified atom stereocenters. The standard InChI is InChI=1S/C19H16ClN3O2/c1-25-14-4-2-3-12(9-14)15-10-16(24)21-19-17(15)18(22-23-19)11-5-7-13(20)8-6-11/h2-9,15H,10H2,1H3,(H2,21,22,23,24)/t15-/m0/s1. The van der Waals surface area contributed by atoms with Gasteiger partial charge in [0.05, 0.1) is 12.8 Å². The highest BCUT2D eigenvalue weighted by Crippen LogP contribution is 2.42. The van der Waals surface area contributed by atoms with Crippen LogP contribution < -0.4 is 10.1 Å². The van der Waals surface area contributed by atoms with Crippen LogP contribution in [0.1, 0.15) is 23.5 Å². The van der Waals surface area contributed by atoms with Crippen LogP contribution >= 0.6 is 11.6 Å². The number of aromatic nitrogens is 2. The summed E-state index contributed by atoms with van der Waals surface area (Å²) in [6.07, 6.45) is 0.361. The zero-order chi connectivity index (χ0) is 17.4. The van der Waals surface area contributed by atoms with E-state index in [-0.39, 0.29) is 11.8 Å². The molecule has 0 radical (unpaired) electrons. The Morgan fingerprint density at radius 3 is 2.76 bits per heavy atom. The van der Waals surface area contributed by atoms with Crippen molar-refractivity contribution in [2.24, 2.45) is 0 Å². The van der Waals surface area contributed by atoms with Gasteiger partial charge in [-0.3, -0.25) is 9.89 Å². The lowest BCUT2D eigenvalue weighted by Gasteiger charge is -2.23. The van der Waals surface area contributed by atoms with Gasteiger partial charge in [0, 0.05) is 28.5 Å². The van der Waals surface area contributed by atoms with Gasteiger partial charge in [0.2, 0.25) is 5.91 Å². The third-order valence-corrected chi connectivity index (χ3v) is 4.68. The molecule has 1 aliphatic heterocycles. The van der Waals surface area contributed by atoms with Gasteiger partial charge in [-0.1, -0.05) is 35.9 Å². The molecule has 1 amide bonds. The molecule has 126 valence electrons. The van der Waals surface area contributed by atoms with Gasteiger partial charge in [-0.05, 0) is 29.8 Å². The number of nitrogens with zero attached hydrogens (tertiary/aromatic N) is 1. The SMILES string of the molecule is COc1cccc([C@@H]2CC(=O)Nc3n[nH]c(-c4ccc(Cl)cc4)c32)c1. The lowest BCUT2D eigenvalue weighted by molar-refractivity contribution is -0.116. The van der Waals surface area contributed by atoms with Gasteiger partial charge >= 0.3 is 0 Å². The number of anilines is 1. The molecule has 2 N–H and O–H groups in total. The molecule has 0 saturated carbocycles. The summed E-state index contributed by atoms with van der Waals surface area (Å²) in [5, 5.41) is 10.9. The second kappa shape index (κ2) is 6.26. The number of H-pyrrole nitrogens is 1. The molecule has 0 bridgehead atoms. The van der Waals surface area contributed by atoms with Crippen LogP contribution in [0.4, 0.5) is 5.82 Å². The van der Waals surface area contributed by atoms with Gasteiger partial charge in [0.25, 0.3) is 0 Å². The number of fused-ring (bicyclic) bond motifs is 1. The Morgan fingerprint density at radius 1 is 1.20 bits per heavy atom. The average Bonchev–Trinajstić information content (AvgIpc) is 3.05. The normalized spacial score (nSPS) is 16.2. The zero-order valence-corrected chi connectivity index (χ0v) is 14.3. The second-order valence-electron chi connectivity index (χ2n) is 5.95. The Labute approximate surface area is 150 Å². The van der Waals surface area contributed by atoms with Crippen LogP contribution in [0.5, 0.6) is 5.75 Å². The van der Waals surface area contributed by atoms with E-state index >= 15 is 0 Å². The minimum Gasteiger partial charge on any atom is -0.497 e. The van der Waals surface area contributed by atoms with Crippen molar-refractivity contribution in [3.05, 3.63) is 64.7 Å². The quantitative estimate of drug-likeness (QED) is 0.741. The van der Waals surface area contributed by atoms with E-state index in [1.165, 1.54) is 0 Å². The number of ether oxygens (including phenoxy) is 1. The summed E-state index contributed by atoms with van der Waals surface area (Å²) >= 11 is 6.00. The summed E-state index contributed by atoms with van der Waals surface area (Å²) in [6, 6.07) is 15.4. The van der Waals surface area contributed by atoms with Gasteiger partial charge in [-0.2, -0.15) is 5.10 Å². The Hall–Kier alpha value is -2.79. The van der Waals surface area contributed by atoms with Gasteiger partial charge in [0.15, 0.2) is 5.82 Å². The summed E-state index contributed by atoms with van der Waals surface area (Å²) < 4.78 is 5.33. The first-order valence-electron chi connectivity index (χ1n) is 7.93. The highest BCUT2D eigenvalue weighted by molar-refractivity contribution is 6.30. The fourth-order valence-electron chi connectivity index (χ4n) is 3.24. The fourth-order valence-corrected chi connectivity index (χ4v) is 3.36. The number of aromatic amines is 1. The lowest BCUT2D eigenvalue weighted by atomic mass is 9.84. The van der Waals surface area contributed by atoms with Crippen molar-refractivity contribution >= 4 is 23.3 Å². The van der Waals surface area contributed by atoms with Crippen LogP contribution in [0.15, 0.2) is 48.5 Å². The van der Waals surface area contributed by atoms with Crippen LogP contribution in [0.2, 0.25) is 5.02 Å². The molecule has 2 aromatic carbocycles.